The molecule has 8 heteroatoms. The standard InChI is InChI=1S/C12H18N3O4P/c1-6(18-3)12-14-4-7(15(12)13-2)10-11(20)9(17)8(5-16)19-10/h4,8-11,16-17H,1-2,5,20H2,3H3/t8?,9-,10+,11-/m1/s1. The summed E-state index contributed by atoms with van der Waals surface area (Å²) in [5, 5.41) is 23.1. The molecule has 2 unspecified atom stereocenters. The lowest BCUT2D eigenvalue weighted by Crippen LogP contribution is -2.29. The number of nitrogens with zero attached hydrogens (tertiary/aromatic N) is 3. The molecule has 5 atom stereocenters. The van der Waals surface area contributed by atoms with Gasteiger partial charge >= 0.3 is 0 Å². The fourth-order valence-electron chi connectivity index (χ4n) is 2.19. The van der Waals surface area contributed by atoms with Gasteiger partial charge in [0.2, 0.25) is 0 Å². The van der Waals surface area contributed by atoms with Crippen LogP contribution in [0.4, 0.5) is 0 Å². The van der Waals surface area contributed by atoms with E-state index in [1.165, 1.54) is 11.8 Å². The van der Waals surface area contributed by atoms with Crippen LogP contribution in [-0.4, -0.2) is 58.2 Å². The molecule has 1 aromatic heterocycles. The van der Waals surface area contributed by atoms with E-state index in [4.69, 9.17) is 9.47 Å². The number of imidazole rings is 1. The Hall–Kier alpha value is -1.27. The van der Waals surface area contributed by atoms with Gasteiger partial charge in [-0.1, -0.05) is 6.58 Å². The molecule has 1 aromatic rings. The van der Waals surface area contributed by atoms with E-state index in [1.54, 1.807) is 6.20 Å². The average Bonchev–Trinajstić information content (AvgIpc) is 3.00. The van der Waals surface area contributed by atoms with Crippen LogP contribution in [0.3, 0.4) is 0 Å². The molecule has 0 aromatic carbocycles. The minimum Gasteiger partial charge on any atom is -0.493 e. The van der Waals surface area contributed by atoms with E-state index in [2.05, 4.69) is 32.6 Å². The van der Waals surface area contributed by atoms with E-state index in [9.17, 15) is 10.2 Å². The van der Waals surface area contributed by atoms with Gasteiger partial charge in [-0.15, -0.1) is 9.24 Å². The highest BCUT2D eigenvalue weighted by atomic mass is 31.0. The van der Waals surface area contributed by atoms with Gasteiger partial charge in [0.25, 0.3) is 0 Å². The molecular weight excluding hydrogens is 281 g/mol. The molecule has 110 valence electrons. The molecule has 0 bridgehead atoms. The maximum absolute atomic E-state index is 9.99. The summed E-state index contributed by atoms with van der Waals surface area (Å²) in [6, 6.07) is 0. The van der Waals surface area contributed by atoms with Crippen LogP contribution in [0.1, 0.15) is 17.6 Å². The van der Waals surface area contributed by atoms with Crippen LogP contribution in [0.25, 0.3) is 5.76 Å². The zero-order valence-electron chi connectivity index (χ0n) is 11.1. The predicted molar refractivity (Wildman–Crippen MR) is 77.4 cm³/mol. The molecule has 1 aliphatic heterocycles. The predicted octanol–water partition coefficient (Wildman–Crippen LogP) is 0.000700. The summed E-state index contributed by atoms with van der Waals surface area (Å²) in [4.78, 5) is 4.18. The Bertz CT molecular complexity index is 519. The zero-order chi connectivity index (χ0) is 14.9. The molecule has 1 aliphatic rings. The van der Waals surface area contributed by atoms with Gasteiger partial charge in [-0.25, -0.2) is 9.66 Å². The summed E-state index contributed by atoms with van der Waals surface area (Å²) in [5.41, 5.74) is 0.330. The summed E-state index contributed by atoms with van der Waals surface area (Å²) in [6.07, 6.45) is -0.312. The van der Waals surface area contributed by atoms with Crippen LogP contribution in [0.5, 0.6) is 0 Å². The molecular formula is C12H18N3O4P. The first-order valence-corrected chi connectivity index (χ1v) is 6.69. The number of ether oxygens (including phenoxy) is 2. The number of hydrogen-bond acceptors (Lipinski definition) is 6. The monoisotopic (exact) mass is 299 g/mol. The second-order valence-corrected chi connectivity index (χ2v) is 5.20. The molecule has 20 heavy (non-hydrogen) atoms. The molecule has 0 amide bonds. The Morgan fingerprint density at radius 1 is 1.70 bits per heavy atom. The van der Waals surface area contributed by atoms with Gasteiger partial charge in [-0.3, -0.25) is 0 Å². The third-order valence-electron chi connectivity index (χ3n) is 3.32. The van der Waals surface area contributed by atoms with Crippen LogP contribution in [0.15, 0.2) is 17.9 Å². The van der Waals surface area contributed by atoms with Gasteiger partial charge in [0, 0.05) is 12.4 Å². The smallest absolute Gasteiger partial charge is 0.195 e. The van der Waals surface area contributed by atoms with Gasteiger partial charge < -0.3 is 19.7 Å². The molecule has 0 saturated carbocycles. The van der Waals surface area contributed by atoms with Crippen molar-refractivity contribution >= 4 is 21.7 Å². The molecule has 0 aliphatic carbocycles. The zero-order valence-corrected chi connectivity index (χ0v) is 12.3. The van der Waals surface area contributed by atoms with E-state index in [0.717, 1.165) is 0 Å². The van der Waals surface area contributed by atoms with Crippen LogP contribution in [-0.2, 0) is 9.47 Å². The summed E-state index contributed by atoms with van der Waals surface area (Å²) >= 11 is 0. The van der Waals surface area contributed by atoms with Crippen LogP contribution in [0.2, 0.25) is 0 Å². The van der Waals surface area contributed by atoms with E-state index in [1.807, 2.05) is 0 Å². The van der Waals surface area contributed by atoms with Crippen molar-refractivity contribution < 1.29 is 19.7 Å². The molecule has 1 saturated heterocycles. The average molecular weight is 299 g/mol. The highest BCUT2D eigenvalue weighted by Crippen LogP contribution is 2.38. The second-order valence-electron chi connectivity index (χ2n) is 4.43. The van der Waals surface area contributed by atoms with E-state index < -0.39 is 18.3 Å². The van der Waals surface area contributed by atoms with Crippen molar-refractivity contribution in [2.24, 2.45) is 5.10 Å². The number of rotatable bonds is 5. The van der Waals surface area contributed by atoms with Crippen LogP contribution < -0.4 is 0 Å². The lowest BCUT2D eigenvalue weighted by Gasteiger charge is -2.16. The molecule has 0 radical (unpaired) electrons. The lowest BCUT2D eigenvalue weighted by molar-refractivity contribution is -0.0242. The fraction of sp³-hybridized carbons (Fsp3) is 0.500. The molecule has 0 spiro atoms. The van der Waals surface area contributed by atoms with Crippen molar-refractivity contribution in [3.63, 3.8) is 0 Å². The topological polar surface area (TPSA) is 89.1 Å². The van der Waals surface area contributed by atoms with Gasteiger partial charge in [0.15, 0.2) is 11.6 Å². The van der Waals surface area contributed by atoms with Gasteiger partial charge in [-0.05, 0) is 0 Å². The van der Waals surface area contributed by atoms with E-state index in [-0.39, 0.29) is 12.3 Å². The summed E-state index contributed by atoms with van der Waals surface area (Å²) in [5.74, 6) is 0.765. The first kappa shape index (κ1) is 15.1. The number of aromatic nitrogens is 2. The maximum Gasteiger partial charge on any atom is 0.195 e. The normalized spacial score (nSPS) is 29.4. The van der Waals surface area contributed by atoms with Crippen LogP contribution >= 0.6 is 9.24 Å². The third kappa shape index (κ3) is 2.38. The van der Waals surface area contributed by atoms with Crippen molar-refractivity contribution in [2.75, 3.05) is 13.7 Å². The van der Waals surface area contributed by atoms with Crippen molar-refractivity contribution in [3.05, 3.63) is 24.3 Å². The summed E-state index contributed by atoms with van der Waals surface area (Å²) in [6.45, 7) is 6.97. The maximum atomic E-state index is 9.99. The first-order chi connectivity index (χ1) is 9.54. The number of aliphatic hydroxyl groups excluding tert-OH is 2. The van der Waals surface area contributed by atoms with Crippen LogP contribution in [0, 0.1) is 0 Å². The Morgan fingerprint density at radius 3 is 2.90 bits per heavy atom. The fourth-order valence-corrected chi connectivity index (χ4v) is 2.72. The highest BCUT2D eigenvalue weighted by Gasteiger charge is 2.43. The van der Waals surface area contributed by atoms with Crippen molar-refractivity contribution in [2.45, 2.75) is 24.0 Å². The van der Waals surface area contributed by atoms with Crippen molar-refractivity contribution in [1.29, 1.82) is 0 Å². The Labute approximate surface area is 119 Å². The second kappa shape index (κ2) is 6.01. The third-order valence-corrected chi connectivity index (χ3v) is 4.06. The molecule has 2 N–H and O–H groups in total. The Kier molecular flexibility index (Phi) is 4.55. The van der Waals surface area contributed by atoms with Gasteiger partial charge in [0.1, 0.15) is 12.2 Å². The number of hydrogen-bond donors (Lipinski definition) is 2. The lowest BCUT2D eigenvalue weighted by atomic mass is 10.1. The molecule has 1 fully saturated rings. The number of methoxy groups -OCH3 is 1. The van der Waals surface area contributed by atoms with E-state index >= 15 is 0 Å². The largest absolute Gasteiger partial charge is 0.493 e. The summed E-state index contributed by atoms with van der Waals surface area (Å²) < 4.78 is 12.2. The molecule has 7 nitrogen and oxygen atoms in total. The minimum atomic E-state index is -0.780. The van der Waals surface area contributed by atoms with Gasteiger partial charge in [-0.2, -0.15) is 5.10 Å². The Balaban J connectivity index is 2.37. The van der Waals surface area contributed by atoms with Crippen molar-refractivity contribution in [1.82, 2.24) is 9.66 Å². The SMILES string of the molecule is C=Nn1c([C@@H]2OC(CO)[C@@H](O)[C@H]2P)cnc1C(=C)OC. The van der Waals surface area contributed by atoms with E-state index in [0.29, 0.717) is 17.3 Å². The van der Waals surface area contributed by atoms with Crippen molar-refractivity contribution in [3.8, 4) is 0 Å². The minimum absolute atomic E-state index is 0.254. The number of aliphatic hydroxyl groups is 2. The Morgan fingerprint density at radius 2 is 2.40 bits per heavy atom. The quantitative estimate of drug-likeness (QED) is 0.454. The first-order valence-electron chi connectivity index (χ1n) is 6.03. The molecule has 2 rings (SSSR count). The molecule has 2 heterocycles. The summed E-state index contributed by atoms with van der Waals surface area (Å²) in [7, 11) is 4.01. The van der Waals surface area contributed by atoms with Gasteiger partial charge in [0.05, 0.1) is 31.7 Å². The highest BCUT2D eigenvalue weighted by molar-refractivity contribution is 7.17.